The molecule has 1 aromatic heterocycles. The molecule has 0 bridgehead atoms. The predicted molar refractivity (Wildman–Crippen MR) is 70.7 cm³/mol. The smallest absolute Gasteiger partial charge is 0.140 e. The van der Waals surface area contributed by atoms with E-state index in [1.807, 2.05) is 6.92 Å². The van der Waals surface area contributed by atoms with Gasteiger partial charge in [0.25, 0.3) is 0 Å². The summed E-state index contributed by atoms with van der Waals surface area (Å²) in [7, 11) is 0. The van der Waals surface area contributed by atoms with Gasteiger partial charge in [-0.15, -0.1) is 11.3 Å². The molecule has 17 heavy (non-hydrogen) atoms. The standard InChI is InChI=1S/C11H20N4OS/c1-3-9(6-11(12)15-16)13-5-4-10-7-17-8(2)14-10/h7,9,13,16H,3-6H2,1-2H3,(H2,12,15). The summed E-state index contributed by atoms with van der Waals surface area (Å²) in [6.07, 6.45) is 2.44. The highest BCUT2D eigenvalue weighted by atomic mass is 32.1. The fraction of sp³-hybridized carbons (Fsp3) is 0.636. The van der Waals surface area contributed by atoms with Gasteiger partial charge in [0.05, 0.1) is 10.7 Å². The van der Waals surface area contributed by atoms with Crippen molar-refractivity contribution in [2.75, 3.05) is 6.54 Å². The first kappa shape index (κ1) is 13.9. The predicted octanol–water partition coefficient (Wildman–Crippen LogP) is 1.50. The number of aryl methyl sites for hydroxylation is 1. The van der Waals surface area contributed by atoms with Gasteiger partial charge in [0.1, 0.15) is 5.84 Å². The zero-order chi connectivity index (χ0) is 12.7. The van der Waals surface area contributed by atoms with Gasteiger partial charge in [0, 0.05) is 30.8 Å². The number of nitrogens with one attached hydrogen (secondary N) is 1. The Morgan fingerprint density at radius 3 is 3.00 bits per heavy atom. The van der Waals surface area contributed by atoms with Gasteiger partial charge in [-0.3, -0.25) is 0 Å². The Kier molecular flexibility index (Phi) is 5.93. The van der Waals surface area contributed by atoms with E-state index in [0.717, 1.165) is 30.1 Å². The second-order valence-electron chi connectivity index (χ2n) is 3.96. The second-order valence-corrected chi connectivity index (χ2v) is 5.02. The highest BCUT2D eigenvalue weighted by Crippen LogP contribution is 2.08. The lowest BCUT2D eigenvalue weighted by molar-refractivity contribution is 0.315. The Bertz CT molecular complexity index is 364. The van der Waals surface area contributed by atoms with Crippen molar-refractivity contribution >= 4 is 17.2 Å². The lowest BCUT2D eigenvalue weighted by Gasteiger charge is -2.15. The van der Waals surface area contributed by atoms with Crippen LogP contribution in [-0.2, 0) is 6.42 Å². The summed E-state index contributed by atoms with van der Waals surface area (Å²) in [5.74, 6) is 0.272. The Morgan fingerprint density at radius 1 is 1.71 bits per heavy atom. The topological polar surface area (TPSA) is 83.5 Å². The van der Waals surface area contributed by atoms with Crippen LogP contribution in [0.25, 0.3) is 0 Å². The summed E-state index contributed by atoms with van der Waals surface area (Å²) in [5.41, 5.74) is 6.61. The first-order valence-corrected chi connectivity index (χ1v) is 6.64. The molecule has 1 aromatic rings. The van der Waals surface area contributed by atoms with Gasteiger partial charge in [-0.1, -0.05) is 12.1 Å². The summed E-state index contributed by atoms with van der Waals surface area (Å²) in [4.78, 5) is 4.40. The van der Waals surface area contributed by atoms with Gasteiger partial charge >= 0.3 is 0 Å². The monoisotopic (exact) mass is 256 g/mol. The van der Waals surface area contributed by atoms with Crippen LogP contribution < -0.4 is 11.1 Å². The van der Waals surface area contributed by atoms with Gasteiger partial charge in [-0.2, -0.15) is 0 Å². The number of hydrogen-bond donors (Lipinski definition) is 3. The van der Waals surface area contributed by atoms with Crippen molar-refractivity contribution in [3.63, 3.8) is 0 Å². The first-order valence-electron chi connectivity index (χ1n) is 5.76. The fourth-order valence-electron chi connectivity index (χ4n) is 1.58. The molecule has 0 aromatic carbocycles. The van der Waals surface area contributed by atoms with Crippen LogP contribution >= 0.6 is 11.3 Å². The van der Waals surface area contributed by atoms with Crippen LogP contribution in [0.2, 0.25) is 0 Å². The molecule has 0 fully saturated rings. The van der Waals surface area contributed by atoms with Crippen LogP contribution in [0.1, 0.15) is 30.5 Å². The Balaban J connectivity index is 2.28. The van der Waals surface area contributed by atoms with E-state index in [-0.39, 0.29) is 11.9 Å². The molecular formula is C11H20N4OS. The Labute approximate surface area is 106 Å². The van der Waals surface area contributed by atoms with E-state index < -0.39 is 0 Å². The molecule has 0 spiro atoms. The molecule has 1 atom stereocenters. The second kappa shape index (κ2) is 7.24. The van der Waals surface area contributed by atoms with Gasteiger partial charge in [-0.05, 0) is 13.3 Å². The molecular weight excluding hydrogens is 236 g/mol. The molecule has 0 aliphatic carbocycles. The van der Waals surface area contributed by atoms with Crippen LogP contribution in [0.4, 0.5) is 0 Å². The van der Waals surface area contributed by atoms with Gasteiger partial charge in [0.15, 0.2) is 0 Å². The average Bonchev–Trinajstić information content (AvgIpc) is 2.73. The Hall–Kier alpha value is -1.14. The maximum Gasteiger partial charge on any atom is 0.140 e. The summed E-state index contributed by atoms with van der Waals surface area (Å²) >= 11 is 1.67. The minimum atomic E-state index is 0.255. The lowest BCUT2D eigenvalue weighted by Crippen LogP contribution is -2.34. The number of amidine groups is 1. The van der Waals surface area contributed by atoms with Crippen LogP contribution in [0, 0.1) is 6.92 Å². The number of nitrogens with two attached hydrogens (primary N) is 1. The first-order chi connectivity index (χ1) is 8.15. The SMILES string of the molecule is CCC(CC(N)=NO)NCCc1csc(C)n1. The summed E-state index contributed by atoms with van der Waals surface area (Å²) in [5, 5.41) is 18.1. The van der Waals surface area contributed by atoms with Crippen molar-refractivity contribution in [1.29, 1.82) is 0 Å². The molecule has 1 heterocycles. The molecule has 0 saturated carbocycles. The lowest BCUT2D eigenvalue weighted by atomic mass is 10.1. The molecule has 4 N–H and O–H groups in total. The third kappa shape index (κ3) is 5.14. The molecule has 0 aliphatic rings. The number of rotatable bonds is 7. The van der Waals surface area contributed by atoms with Crippen molar-refractivity contribution in [2.45, 2.75) is 39.2 Å². The Morgan fingerprint density at radius 2 is 2.47 bits per heavy atom. The fourth-order valence-corrected chi connectivity index (χ4v) is 2.23. The number of nitrogens with zero attached hydrogens (tertiary/aromatic N) is 2. The maximum atomic E-state index is 8.51. The van der Waals surface area contributed by atoms with Crippen molar-refractivity contribution in [3.05, 3.63) is 16.1 Å². The normalized spacial score (nSPS) is 13.9. The van der Waals surface area contributed by atoms with E-state index in [2.05, 4.69) is 27.8 Å². The number of thiazole rings is 1. The number of hydrogen-bond acceptors (Lipinski definition) is 5. The minimum Gasteiger partial charge on any atom is -0.409 e. The summed E-state index contributed by atoms with van der Waals surface area (Å²) in [6.45, 7) is 4.95. The maximum absolute atomic E-state index is 8.51. The minimum absolute atomic E-state index is 0.255. The van der Waals surface area contributed by atoms with Crippen molar-refractivity contribution in [2.24, 2.45) is 10.9 Å². The van der Waals surface area contributed by atoms with Gasteiger partial charge in [-0.25, -0.2) is 4.98 Å². The van der Waals surface area contributed by atoms with E-state index in [0.29, 0.717) is 6.42 Å². The third-order valence-electron chi connectivity index (χ3n) is 2.56. The molecule has 5 nitrogen and oxygen atoms in total. The molecule has 0 saturated heterocycles. The van der Waals surface area contributed by atoms with E-state index in [4.69, 9.17) is 10.9 Å². The molecule has 0 amide bonds. The van der Waals surface area contributed by atoms with Crippen molar-refractivity contribution in [3.8, 4) is 0 Å². The average molecular weight is 256 g/mol. The van der Waals surface area contributed by atoms with Crippen LogP contribution in [-0.4, -0.2) is 28.6 Å². The van der Waals surface area contributed by atoms with Crippen molar-refractivity contribution in [1.82, 2.24) is 10.3 Å². The molecule has 6 heteroatoms. The molecule has 0 radical (unpaired) electrons. The van der Waals surface area contributed by atoms with Gasteiger partial charge in [0.2, 0.25) is 0 Å². The van der Waals surface area contributed by atoms with Crippen molar-refractivity contribution < 1.29 is 5.21 Å². The molecule has 1 unspecified atom stereocenters. The number of aromatic nitrogens is 1. The summed E-state index contributed by atoms with van der Waals surface area (Å²) < 4.78 is 0. The zero-order valence-corrected chi connectivity index (χ0v) is 11.1. The van der Waals surface area contributed by atoms with Gasteiger partial charge < -0.3 is 16.3 Å². The van der Waals surface area contributed by atoms with E-state index >= 15 is 0 Å². The molecule has 1 rings (SSSR count). The van der Waals surface area contributed by atoms with E-state index in [1.165, 1.54) is 0 Å². The zero-order valence-electron chi connectivity index (χ0n) is 10.3. The largest absolute Gasteiger partial charge is 0.409 e. The van der Waals surface area contributed by atoms with E-state index in [1.54, 1.807) is 11.3 Å². The third-order valence-corrected chi connectivity index (χ3v) is 3.38. The molecule has 0 aliphatic heterocycles. The van der Waals surface area contributed by atoms with Crippen LogP contribution in [0.3, 0.4) is 0 Å². The van der Waals surface area contributed by atoms with Crippen LogP contribution in [0.5, 0.6) is 0 Å². The molecule has 96 valence electrons. The number of oxime groups is 1. The summed E-state index contributed by atoms with van der Waals surface area (Å²) in [6, 6.07) is 0.255. The quantitative estimate of drug-likeness (QED) is 0.299. The highest BCUT2D eigenvalue weighted by Gasteiger charge is 2.08. The highest BCUT2D eigenvalue weighted by molar-refractivity contribution is 7.09. The van der Waals surface area contributed by atoms with Crippen LogP contribution in [0.15, 0.2) is 10.5 Å². The van der Waals surface area contributed by atoms with E-state index in [9.17, 15) is 0 Å².